The van der Waals surface area contributed by atoms with Crippen molar-refractivity contribution in [3.05, 3.63) is 55.0 Å². The molecule has 1 aliphatic rings. The van der Waals surface area contributed by atoms with Crippen molar-refractivity contribution in [1.82, 2.24) is 9.97 Å². The molecule has 1 aromatic carbocycles. The van der Waals surface area contributed by atoms with Crippen LogP contribution < -0.4 is 4.74 Å². The van der Waals surface area contributed by atoms with Crippen LogP contribution in [0.5, 0.6) is 5.75 Å². The fraction of sp³-hybridized carbons (Fsp3) is 0.176. The van der Waals surface area contributed by atoms with Gasteiger partial charge in [-0.2, -0.15) is 0 Å². The fourth-order valence-corrected chi connectivity index (χ4v) is 2.31. The molecule has 4 rings (SSSR count). The fourth-order valence-electron chi connectivity index (χ4n) is 2.31. The molecule has 0 bridgehead atoms. The third kappa shape index (κ3) is 2.11. The Kier molecular flexibility index (Phi) is 2.62. The zero-order valence-corrected chi connectivity index (χ0v) is 11.0. The summed E-state index contributed by atoms with van der Waals surface area (Å²) >= 11 is 0. The molecule has 0 saturated heterocycles. The van der Waals surface area contributed by atoms with Gasteiger partial charge < -0.3 is 4.74 Å². The maximum absolute atomic E-state index is 5.77. The molecule has 3 nitrogen and oxygen atoms in total. The Labute approximate surface area is 117 Å². The van der Waals surface area contributed by atoms with E-state index in [-0.39, 0.29) is 0 Å². The molecular weight excluding hydrogens is 248 g/mol. The van der Waals surface area contributed by atoms with Crippen LogP contribution in [0.3, 0.4) is 0 Å². The molecule has 0 aliphatic heterocycles. The van der Waals surface area contributed by atoms with Gasteiger partial charge in [0.15, 0.2) is 0 Å². The first-order chi connectivity index (χ1) is 9.90. The lowest BCUT2D eigenvalue weighted by Crippen LogP contribution is -1.95. The summed E-state index contributed by atoms with van der Waals surface area (Å²) in [6.07, 6.45) is 8.30. The van der Waals surface area contributed by atoms with Gasteiger partial charge in [0, 0.05) is 29.5 Å². The normalized spacial score (nSPS) is 14.4. The number of hydrogen-bond donors (Lipinski definition) is 0. The quantitative estimate of drug-likeness (QED) is 0.719. The van der Waals surface area contributed by atoms with Gasteiger partial charge in [-0.15, -0.1) is 0 Å². The Bertz CT molecular complexity index is 743. The number of benzene rings is 1. The van der Waals surface area contributed by atoms with Crippen molar-refractivity contribution in [1.29, 1.82) is 0 Å². The van der Waals surface area contributed by atoms with Gasteiger partial charge in [0.05, 0.1) is 11.8 Å². The molecule has 2 heterocycles. The van der Waals surface area contributed by atoms with E-state index in [4.69, 9.17) is 4.74 Å². The zero-order chi connectivity index (χ0) is 13.4. The van der Waals surface area contributed by atoms with E-state index in [2.05, 4.69) is 22.1 Å². The minimum absolute atomic E-state index is 0.431. The number of aromatic nitrogens is 2. The van der Waals surface area contributed by atoms with Crippen LogP contribution in [0.25, 0.3) is 22.0 Å². The first-order valence-electron chi connectivity index (χ1n) is 6.86. The lowest BCUT2D eigenvalue weighted by molar-refractivity contribution is 0.303. The number of fused-ring (bicyclic) bond motifs is 1. The molecule has 3 aromatic rings. The van der Waals surface area contributed by atoms with Crippen LogP contribution in [0.15, 0.2) is 55.0 Å². The summed E-state index contributed by atoms with van der Waals surface area (Å²) in [5.74, 6) is 0.939. The number of rotatable bonds is 3. The highest BCUT2D eigenvalue weighted by Gasteiger charge is 2.23. The van der Waals surface area contributed by atoms with E-state index < -0.39 is 0 Å². The molecule has 0 atom stereocenters. The largest absolute Gasteiger partial charge is 0.490 e. The minimum Gasteiger partial charge on any atom is -0.490 e. The zero-order valence-electron chi connectivity index (χ0n) is 11.0. The second-order valence-electron chi connectivity index (χ2n) is 5.10. The number of nitrogens with zero attached hydrogens (tertiary/aromatic N) is 2. The Hall–Kier alpha value is -2.42. The van der Waals surface area contributed by atoms with Crippen molar-refractivity contribution in [3.63, 3.8) is 0 Å². The van der Waals surface area contributed by atoms with E-state index in [1.54, 1.807) is 6.20 Å². The van der Waals surface area contributed by atoms with Crippen LogP contribution in [0.4, 0.5) is 0 Å². The van der Waals surface area contributed by atoms with Crippen molar-refractivity contribution < 1.29 is 4.74 Å². The highest BCUT2D eigenvalue weighted by atomic mass is 16.5. The molecule has 1 fully saturated rings. The molecule has 0 amide bonds. The van der Waals surface area contributed by atoms with Crippen molar-refractivity contribution >= 4 is 10.8 Å². The topological polar surface area (TPSA) is 35.0 Å². The molecule has 20 heavy (non-hydrogen) atoms. The molecule has 1 aliphatic carbocycles. The molecule has 0 N–H and O–H groups in total. The molecule has 0 unspecified atom stereocenters. The van der Waals surface area contributed by atoms with Gasteiger partial charge >= 0.3 is 0 Å². The van der Waals surface area contributed by atoms with Crippen LogP contribution >= 0.6 is 0 Å². The van der Waals surface area contributed by atoms with E-state index in [9.17, 15) is 0 Å². The van der Waals surface area contributed by atoms with Gasteiger partial charge in [0.2, 0.25) is 0 Å². The standard InChI is InChI=1S/C17H14N2O/c1-3-14(20-15-5-6-15)4-2-13(1)17-16-11-18-9-7-12(16)8-10-19-17/h1-4,7-11,15H,5-6H2. The SMILES string of the molecule is c1cc2ccnc(-c3ccc(OC4CC4)cc3)c2cn1. The first-order valence-corrected chi connectivity index (χ1v) is 6.86. The summed E-state index contributed by atoms with van der Waals surface area (Å²) < 4.78 is 5.77. The molecule has 1 saturated carbocycles. The minimum atomic E-state index is 0.431. The van der Waals surface area contributed by atoms with Crippen LogP contribution in [-0.4, -0.2) is 16.1 Å². The molecule has 0 radical (unpaired) electrons. The van der Waals surface area contributed by atoms with Gasteiger partial charge in [-0.3, -0.25) is 9.97 Å². The van der Waals surface area contributed by atoms with Crippen LogP contribution in [0.2, 0.25) is 0 Å². The molecule has 2 aromatic heterocycles. The van der Waals surface area contributed by atoms with Crippen LogP contribution in [-0.2, 0) is 0 Å². The highest BCUT2D eigenvalue weighted by molar-refractivity contribution is 5.93. The summed E-state index contributed by atoms with van der Waals surface area (Å²) in [5, 5.41) is 2.23. The lowest BCUT2D eigenvalue weighted by atomic mass is 10.1. The molecule has 98 valence electrons. The lowest BCUT2D eigenvalue weighted by Gasteiger charge is -2.07. The second kappa shape index (κ2) is 4.60. The summed E-state index contributed by atoms with van der Waals surface area (Å²) in [6.45, 7) is 0. The van der Waals surface area contributed by atoms with E-state index in [0.29, 0.717) is 6.10 Å². The number of pyridine rings is 2. The Balaban J connectivity index is 1.74. The maximum Gasteiger partial charge on any atom is 0.119 e. The second-order valence-corrected chi connectivity index (χ2v) is 5.10. The first kappa shape index (κ1) is 11.4. The average Bonchev–Trinajstić information content (AvgIpc) is 3.32. The van der Waals surface area contributed by atoms with E-state index in [1.807, 2.05) is 36.7 Å². The number of ether oxygens (including phenoxy) is 1. The summed E-state index contributed by atoms with van der Waals surface area (Å²) in [5.41, 5.74) is 2.06. The highest BCUT2D eigenvalue weighted by Crippen LogP contribution is 2.30. The summed E-state index contributed by atoms with van der Waals surface area (Å²) in [4.78, 5) is 8.70. The van der Waals surface area contributed by atoms with Gasteiger partial charge in [-0.25, -0.2) is 0 Å². The maximum atomic E-state index is 5.77. The summed E-state index contributed by atoms with van der Waals surface area (Å²) in [7, 11) is 0. The molecular formula is C17H14N2O. The average molecular weight is 262 g/mol. The third-order valence-corrected chi connectivity index (χ3v) is 3.52. The Morgan fingerprint density at radius 3 is 2.55 bits per heavy atom. The van der Waals surface area contributed by atoms with Crippen molar-refractivity contribution in [2.75, 3.05) is 0 Å². The monoisotopic (exact) mass is 262 g/mol. The van der Waals surface area contributed by atoms with Gasteiger partial charge in [0.1, 0.15) is 5.75 Å². The van der Waals surface area contributed by atoms with Gasteiger partial charge in [-0.05, 0) is 54.6 Å². The van der Waals surface area contributed by atoms with Crippen molar-refractivity contribution in [2.24, 2.45) is 0 Å². The smallest absolute Gasteiger partial charge is 0.119 e. The predicted octanol–water partition coefficient (Wildman–Crippen LogP) is 3.84. The predicted molar refractivity (Wildman–Crippen MR) is 78.6 cm³/mol. The molecule has 3 heteroatoms. The van der Waals surface area contributed by atoms with Crippen LogP contribution in [0, 0.1) is 0 Å². The van der Waals surface area contributed by atoms with Gasteiger partial charge in [0.25, 0.3) is 0 Å². The van der Waals surface area contributed by atoms with Gasteiger partial charge in [-0.1, -0.05) is 0 Å². The van der Waals surface area contributed by atoms with E-state index in [1.165, 1.54) is 12.8 Å². The van der Waals surface area contributed by atoms with E-state index in [0.717, 1.165) is 27.8 Å². The van der Waals surface area contributed by atoms with Crippen LogP contribution in [0.1, 0.15) is 12.8 Å². The Morgan fingerprint density at radius 1 is 0.950 bits per heavy atom. The van der Waals surface area contributed by atoms with E-state index >= 15 is 0 Å². The van der Waals surface area contributed by atoms with Crippen molar-refractivity contribution in [2.45, 2.75) is 18.9 Å². The third-order valence-electron chi connectivity index (χ3n) is 3.52. The number of hydrogen-bond acceptors (Lipinski definition) is 3. The Morgan fingerprint density at radius 2 is 1.75 bits per heavy atom. The van der Waals surface area contributed by atoms with Crippen molar-refractivity contribution in [3.8, 4) is 17.0 Å². The summed E-state index contributed by atoms with van der Waals surface area (Å²) in [6, 6.07) is 12.2. The molecule has 0 spiro atoms.